The van der Waals surface area contributed by atoms with E-state index in [2.05, 4.69) is 18.2 Å². The van der Waals surface area contributed by atoms with E-state index in [0.29, 0.717) is 0 Å². The molecule has 0 aliphatic carbocycles. The predicted molar refractivity (Wildman–Crippen MR) is 96.8 cm³/mol. The molecule has 90 valence electrons. The minimum absolute atomic E-state index is 1.47. The minimum Gasteiger partial charge on any atom is -0.0793 e. The highest BCUT2D eigenvalue weighted by atomic mass is 32.9. The molecule has 3 heterocycles. The van der Waals surface area contributed by atoms with Gasteiger partial charge in [-0.2, -0.15) is 0 Å². The summed E-state index contributed by atoms with van der Waals surface area (Å²) in [5, 5.41) is 6.09. The Morgan fingerprint density at radius 2 is 1.16 bits per heavy atom. The molecule has 3 aromatic heterocycles. The molecule has 6 aromatic rings. The molecule has 0 aliphatic heterocycles. The summed E-state index contributed by atoms with van der Waals surface area (Å²) in [6, 6.07) is 7.20. The zero-order chi connectivity index (χ0) is 12.1. The smallest absolute Gasteiger partial charge is 0.0793 e. The second-order valence-corrected chi connectivity index (χ2v) is 11.3. The number of rotatable bonds is 0. The lowest BCUT2D eigenvalue weighted by Crippen LogP contribution is -1.78. The molecule has 0 spiro atoms. The third-order valence-electron chi connectivity index (χ3n) is 3.68. The van der Waals surface area contributed by atoms with E-state index >= 15 is 0 Å². The molecule has 0 atom stereocenters. The summed E-state index contributed by atoms with van der Waals surface area (Å²) in [7, 11) is 11.6. The van der Waals surface area contributed by atoms with Crippen molar-refractivity contribution >= 4 is 112 Å². The fourth-order valence-corrected chi connectivity index (χ4v) is 10.6. The number of hydrogen-bond acceptors (Lipinski definition) is 5. The van der Waals surface area contributed by atoms with Crippen LogP contribution in [0.5, 0.6) is 0 Å². The first kappa shape index (κ1) is 10.4. The van der Waals surface area contributed by atoms with Crippen LogP contribution < -0.4 is 0 Å². The van der Waals surface area contributed by atoms with Gasteiger partial charge in [0.25, 0.3) is 4.70 Å². The van der Waals surface area contributed by atoms with Gasteiger partial charge >= 0.3 is 10.3 Å². The largest absolute Gasteiger partial charge is 0.301 e. The molecule has 0 bridgehead atoms. The summed E-state index contributed by atoms with van der Waals surface area (Å²) < 4.78 is 8.80. The van der Waals surface area contributed by atoms with E-state index in [1.54, 1.807) is 5.39 Å². The lowest BCUT2D eigenvalue weighted by molar-refractivity contribution is 2.13. The molecule has 0 nitrogen and oxygen atoms in total. The average molecular weight is 352 g/mol. The van der Waals surface area contributed by atoms with Gasteiger partial charge in [0.2, 0.25) is 0 Å². The second kappa shape index (κ2) is 3.27. The Morgan fingerprint density at radius 3 is 1.84 bits per heavy atom. The Morgan fingerprint density at radius 1 is 0.579 bits per heavy atom. The Bertz CT molecular complexity index is 976. The van der Waals surface area contributed by atoms with Crippen LogP contribution in [0.1, 0.15) is 0 Å². The summed E-state index contributed by atoms with van der Waals surface area (Å²) in [4.78, 5) is 0. The fraction of sp³-hybridized carbons (Fsp3) is 0. The second-order valence-electron chi connectivity index (χ2n) is 4.62. The van der Waals surface area contributed by atoms with Crippen molar-refractivity contribution in [1.29, 1.82) is 0 Å². The minimum atomic E-state index is 1.47. The summed E-state index contributed by atoms with van der Waals surface area (Å²) in [6.45, 7) is 0. The quantitative estimate of drug-likeness (QED) is 0.196. The zero-order valence-electron chi connectivity index (χ0n) is 9.18. The highest BCUT2D eigenvalue weighted by Gasteiger charge is 2.24. The van der Waals surface area contributed by atoms with Gasteiger partial charge in [0.05, 0.1) is 10.1 Å². The fourth-order valence-electron chi connectivity index (χ4n) is 2.93. The van der Waals surface area contributed by atoms with Crippen LogP contribution in [-0.2, 0) is 0 Å². The van der Waals surface area contributed by atoms with E-state index in [-0.39, 0.29) is 0 Å². The van der Waals surface area contributed by atoms with E-state index in [1.165, 1.54) is 44.4 Å². The normalized spacial score (nSPS) is 13.3. The van der Waals surface area contributed by atoms with Gasteiger partial charge in [0.15, 0.2) is 10.3 Å². The molecule has 0 fully saturated rings. The monoisotopic (exact) mass is 351 g/mol. The van der Waals surface area contributed by atoms with E-state index in [9.17, 15) is 0 Å². The highest BCUT2D eigenvalue weighted by molar-refractivity contribution is 7.77. The van der Waals surface area contributed by atoms with Gasteiger partial charge in [-0.05, 0) is 12.1 Å². The molecule has 19 heavy (non-hydrogen) atoms. The van der Waals surface area contributed by atoms with Crippen molar-refractivity contribution in [3.63, 3.8) is 0 Å². The van der Waals surface area contributed by atoms with Crippen LogP contribution in [0.25, 0.3) is 49.7 Å². The van der Waals surface area contributed by atoms with Gasteiger partial charge in [-0.1, -0.05) is 41.4 Å². The molecular formula is C13H3S6+. The SMILES string of the molecule is c1c2ssc3cc4s[s+]c5cc6ssc1c6c(c23)c45. The van der Waals surface area contributed by atoms with Crippen molar-refractivity contribution in [2.75, 3.05) is 0 Å². The van der Waals surface area contributed by atoms with Gasteiger partial charge in [0, 0.05) is 36.3 Å². The molecule has 0 unspecified atom stereocenters. The zero-order valence-corrected chi connectivity index (χ0v) is 14.1. The molecule has 6 heteroatoms. The first-order valence-electron chi connectivity index (χ1n) is 5.71. The van der Waals surface area contributed by atoms with Crippen LogP contribution in [0.4, 0.5) is 0 Å². The molecule has 0 amide bonds. The molecular weight excluding hydrogens is 349 g/mol. The topological polar surface area (TPSA) is 0 Å². The van der Waals surface area contributed by atoms with Crippen molar-refractivity contribution < 1.29 is 0 Å². The van der Waals surface area contributed by atoms with Crippen LogP contribution in [0.3, 0.4) is 0 Å². The van der Waals surface area contributed by atoms with Crippen LogP contribution in [0.15, 0.2) is 18.2 Å². The third-order valence-corrected chi connectivity index (χ3v) is 10.9. The average Bonchev–Trinajstić information content (AvgIpc) is 3.12. The highest BCUT2D eigenvalue weighted by Crippen LogP contribution is 2.52. The van der Waals surface area contributed by atoms with Crippen molar-refractivity contribution in [3.8, 4) is 0 Å². The number of hydrogen-bond donors (Lipinski definition) is 0. The van der Waals surface area contributed by atoms with Gasteiger partial charge in [-0.25, -0.2) is 0 Å². The van der Waals surface area contributed by atoms with Crippen molar-refractivity contribution in [2.45, 2.75) is 0 Å². The Labute approximate surface area is 129 Å². The first-order valence-corrected chi connectivity index (χ1v) is 12.2. The summed E-state index contributed by atoms with van der Waals surface area (Å²) in [6.07, 6.45) is 0. The molecule has 0 saturated heterocycles. The lowest BCUT2D eigenvalue weighted by atomic mass is 10.0. The van der Waals surface area contributed by atoms with Gasteiger partial charge in [-0.3, -0.25) is 0 Å². The van der Waals surface area contributed by atoms with E-state index < -0.39 is 0 Å². The van der Waals surface area contributed by atoms with E-state index in [0.717, 1.165) is 0 Å². The van der Waals surface area contributed by atoms with Gasteiger partial charge < -0.3 is 0 Å². The maximum atomic E-state index is 2.40. The van der Waals surface area contributed by atoms with Crippen LogP contribution in [0, 0.1) is 0 Å². The summed E-state index contributed by atoms with van der Waals surface area (Å²) in [5.41, 5.74) is 0. The molecule has 0 N–H and O–H groups in total. The van der Waals surface area contributed by atoms with E-state index in [4.69, 9.17) is 0 Å². The van der Waals surface area contributed by atoms with Gasteiger partial charge in [-0.15, -0.1) is 0 Å². The maximum Gasteiger partial charge on any atom is 0.301 e. The first-order chi connectivity index (χ1) is 9.40. The Hall–Kier alpha value is -0.370. The molecule has 0 saturated carbocycles. The van der Waals surface area contributed by atoms with Gasteiger partial charge in [0.1, 0.15) is 4.70 Å². The number of benzene rings is 3. The van der Waals surface area contributed by atoms with E-state index in [1.807, 2.05) is 62.0 Å². The Kier molecular flexibility index (Phi) is 1.78. The summed E-state index contributed by atoms with van der Waals surface area (Å²) >= 11 is 0. The van der Waals surface area contributed by atoms with Crippen molar-refractivity contribution in [1.82, 2.24) is 0 Å². The lowest BCUT2D eigenvalue weighted by Gasteiger charge is -2.03. The molecule has 3 aromatic carbocycles. The van der Waals surface area contributed by atoms with Crippen molar-refractivity contribution in [2.24, 2.45) is 0 Å². The van der Waals surface area contributed by atoms with Crippen LogP contribution in [-0.4, -0.2) is 0 Å². The summed E-state index contributed by atoms with van der Waals surface area (Å²) in [5.74, 6) is 0. The Balaban J connectivity index is 2.26. The van der Waals surface area contributed by atoms with Crippen LogP contribution in [0.2, 0.25) is 0 Å². The molecule has 0 radical (unpaired) electrons. The molecule has 0 aliphatic rings. The molecule has 6 rings (SSSR count). The third kappa shape index (κ3) is 1.10. The maximum absolute atomic E-state index is 2.40. The predicted octanol–water partition coefficient (Wildman–Crippen LogP) is 7.54. The standard InChI is InChI=1S/C13H3S6/c1-4-10-6(16-14-4)2-8-12-9(19-18-8)3-7-11(13(10)12)5(1)15-17-7/h1-3H/q+1. The van der Waals surface area contributed by atoms with Crippen LogP contribution >= 0.6 is 62.0 Å². The van der Waals surface area contributed by atoms with Crippen molar-refractivity contribution in [3.05, 3.63) is 18.2 Å².